The van der Waals surface area contributed by atoms with Crippen molar-refractivity contribution in [3.05, 3.63) is 83.1 Å². The number of rotatable bonds is 10. The smallest absolute Gasteiger partial charge is 0.271 e. The highest BCUT2D eigenvalue weighted by molar-refractivity contribution is 7.89. The molecule has 2 aliphatic rings. The number of carbonyl (C=O) groups is 2. The molecule has 46 heavy (non-hydrogen) atoms. The van der Waals surface area contributed by atoms with Crippen molar-refractivity contribution >= 4 is 27.9 Å². The number of nitrogens with zero attached hydrogens (tertiary/aromatic N) is 5. The Bertz CT molecular complexity index is 1840. The average molecular weight is 642 g/mol. The summed E-state index contributed by atoms with van der Waals surface area (Å²) in [5.74, 6) is -0.861. The van der Waals surface area contributed by atoms with Crippen molar-refractivity contribution < 1.29 is 22.7 Å². The van der Waals surface area contributed by atoms with Crippen LogP contribution in [0.5, 0.6) is 0 Å². The number of para-hydroxylation sites is 1. The molecule has 5 rings (SSSR count). The van der Waals surface area contributed by atoms with Crippen molar-refractivity contribution in [2.45, 2.75) is 58.0 Å². The van der Waals surface area contributed by atoms with Gasteiger partial charge in [0, 0.05) is 49.1 Å². The molecule has 240 valence electrons. The van der Waals surface area contributed by atoms with E-state index in [4.69, 9.17) is 9.84 Å². The second-order valence-electron chi connectivity index (χ2n) is 12.1. The first-order chi connectivity index (χ1) is 22.0. The maximum atomic E-state index is 13.8. The van der Waals surface area contributed by atoms with E-state index in [0.717, 1.165) is 23.4 Å². The Labute approximate surface area is 270 Å². The number of carbonyl (C=O) groups excluding carboxylic acids is 2. The van der Waals surface area contributed by atoms with Crippen LogP contribution in [0, 0.1) is 17.2 Å². The number of hydrogen-bond acceptors (Lipinski definition) is 7. The second kappa shape index (κ2) is 14.0. The van der Waals surface area contributed by atoms with Gasteiger partial charge in [-0.15, -0.1) is 0 Å². The van der Waals surface area contributed by atoms with Gasteiger partial charge in [-0.25, -0.2) is 13.1 Å². The normalized spacial score (nSPS) is 18.9. The van der Waals surface area contributed by atoms with Gasteiger partial charge < -0.3 is 4.74 Å². The van der Waals surface area contributed by atoms with Crippen LogP contribution in [0.4, 0.5) is 0 Å². The lowest BCUT2D eigenvalue weighted by molar-refractivity contribution is -0.140. The summed E-state index contributed by atoms with van der Waals surface area (Å²) < 4.78 is 36.1. The van der Waals surface area contributed by atoms with E-state index in [9.17, 15) is 23.3 Å². The highest BCUT2D eigenvalue weighted by atomic mass is 32.2. The van der Waals surface area contributed by atoms with Gasteiger partial charge in [0.1, 0.15) is 17.3 Å². The van der Waals surface area contributed by atoms with Gasteiger partial charge in [0.15, 0.2) is 0 Å². The molecule has 1 unspecified atom stereocenters. The van der Waals surface area contributed by atoms with Crippen LogP contribution in [0.1, 0.15) is 52.5 Å². The maximum Gasteiger partial charge on any atom is 0.271 e. The fourth-order valence-corrected chi connectivity index (χ4v) is 7.42. The number of sulfonamides is 1. The standard InChI is InChI=1S/C35H39N5O5S/c1-24(2)45-18-10-17-39-34(41)31(26(4)32(21-36)35(39)42)20-28-23-40(29-13-6-5-7-14-29)37-33(28)27-12-8-15-30(19-27)46(43,44)38-16-9-11-25(3)22-38/h5-8,12-15,19-20,23-25H,9-11,16-18,22H2,1-4H3/b31-20+. The van der Waals surface area contributed by atoms with Gasteiger partial charge in [0.25, 0.3) is 11.8 Å². The molecule has 0 saturated carbocycles. The van der Waals surface area contributed by atoms with Crippen molar-refractivity contribution in [1.29, 1.82) is 5.26 Å². The number of hydrogen-bond donors (Lipinski definition) is 0. The molecule has 0 spiro atoms. The largest absolute Gasteiger partial charge is 0.379 e. The van der Waals surface area contributed by atoms with Crippen LogP contribution in [0.25, 0.3) is 23.0 Å². The first-order valence-corrected chi connectivity index (χ1v) is 17.0. The topological polar surface area (TPSA) is 126 Å². The zero-order valence-electron chi connectivity index (χ0n) is 26.6. The summed E-state index contributed by atoms with van der Waals surface area (Å²) in [5.41, 5.74) is 2.67. The third-order valence-corrected chi connectivity index (χ3v) is 10.1. The molecule has 1 fully saturated rings. The Morgan fingerprint density at radius 2 is 1.87 bits per heavy atom. The van der Waals surface area contributed by atoms with Gasteiger partial charge >= 0.3 is 0 Å². The number of amides is 2. The van der Waals surface area contributed by atoms with E-state index in [-0.39, 0.29) is 40.2 Å². The number of ether oxygens (including phenoxy) is 1. The molecule has 0 bridgehead atoms. The van der Waals surface area contributed by atoms with Gasteiger partial charge in [-0.3, -0.25) is 14.5 Å². The van der Waals surface area contributed by atoms with Crippen LogP contribution in [-0.2, 0) is 24.3 Å². The number of imide groups is 1. The lowest BCUT2D eigenvalue weighted by Crippen LogP contribution is -2.43. The molecule has 2 aromatic carbocycles. The molecule has 3 aromatic rings. The number of nitriles is 1. The molecule has 1 aromatic heterocycles. The van der Waals surface area contributed by atoms with Crippen molar-refractivity contribution in [2.24, 2.45) is 5.92 Å². The van der Waals surface area contributed by atoms with Crippen molar-refractivity contribution in [3.8, 4) is 23.0 Å². The molecule has 10 nitrogen and oxygen atoms in total. The molecule has 0 aliphatic carbocycles. The summed E-state index contributed by atoms with van der Waals surface area (Å²) >= 11 is 0. The zero-order chi connectivity index (χ0) is 33.0. The van der Waals surface area contributed by atoms with Crippen molar-refractivity contribution in [1.82, 2.24) is 19.0 Å². The first-order valence-electron chi connectivity index (χ1n) is 15.6. The van der Waals surface area contributed by atoms with Crippen LogP contribution in [0.3, 0.4) is 0 Å². The summed E-state index contributed by atoms with van der Waals surface area (Å²) in [7, 11) is -3.74. The summed E-state index contributed by atoms with van der Waals surface area (Å²) in [6.07, 6.45) is 5.64. The molecule has 11 heteroatoms. The van der Waals surface area contributed by atoms with Gasteiger partial charge in [0.2, 0.25) is 10.0 Å². The fourth-order valence-electron chi connectivity index (χ4n) is 5.78. The lowest BCUT2D eigenvalue weighted by Gasteiger charge is -2.30. The molecule has 1 atom stereocenters. The van der Waals surface area contributed by atoms with E-state index in [1.807, 2.05) is 50.2 Å². The third kappa shape index (κ3) is 6.89. The molecular weight excluding hydrogens is 602 g/mol. The Morgan fingerprint density at radius 1 is 1.11 bits per heavy atom. The van der Waals surface area contributed by atoms with Crippen LogP contribution in [0.15, 0.2) is 82.4 Å². The lowest BCUT2D eigenvalue weighted by atomic mass is 9.93. The fraction of sp³-hybridized carbons (Fsp3) is 0.371. The monoisotopic (exact) mass is 641 g/mol. The minimum Gasteiger partial charge on any atom is -0.379 e. The molecule has 2 amide bonds. The maximum absolute atomic E-state index is 13.8. The molecular formula is C35H39N5O5S. The zero-order valence-corrected chi connectivity index (χ0v) is 27.5. The highest BCUT2D eigenvalue weighted by Gasteiger charge is 2.35. The summed E-state index contributed by atoms with van der Waals surface area (Å²) in [4.78, 5) is 28.2. The van der Waals surface area contributed by atoms with Crippen LogP contribution < -0.4 is 0 Å². The van der Waals surface area contributed by atoms with Crippen molar-refractivity contribution in [2.75, 3.05) is 26.2 Å². The van der Waals surface area contributed by atoms with Gasteiger partial charge in [0.05, 0.1) is 16.7 Å². The van der Waals surface area contributed by atoms with E-state index in [0.29, 0.717) is 42.9 Å². The predicted octanol–water partition coefficient (Wildman–Crippen LogP) is 5.37. The summed E-state index contributed by atoms with van der Waals surface area (Å²) in [5, 5.41) is 14.7. The minimum absolute atomic E-state index is 0.0106. The summed E-state index contributed by atoms with van der Waals surface area (Å²) in [6.45, 7) is 8.88. The van der Waals surface area contributed by atoms with Gasteiger partial charge in [-0.1, -0.05) is 37.3 Å². The van der Waals surface area contributed by atoms with Crippen molar-refractivity contribution in [3.63, 3.8) is 0 Å². The van der Waals surface area contributed by atoms with E-state index in [2.05, 4.69) is 6.92 Å². The van der Waals surface area contributed by atoms with E-state index >= 15 is 0 Å². The predicted molar refractivity (Wildman–Crippen MR) is 175 cm³/mol. The number of aromatic nitrogens is 2. The van der Waals surface area contributed by atoms with Crippen LogP contribution in [-0.4, -0.2) is 71.6 Å². The van der Waals surface area contributed by atoms with Gasteiger partial charge in [-0.05, 0) is 81.9 Å². The number of benzene rings is 2. The number of piperidine rings is 1. The first kappa shape index (κ1) is 33.0. The molecule has 1 saturated heterocycles. The van der Waals surface area contributed by atoms with E-state index < -0.39 is 21.8 Å². The molecule has 0 N–H and O–H groups in total. The molecule has 3 heterocycles. The summed E-state index contributed by atoms with van der Waals surface area (Å²) in [6, 6.07) is 18.1. The Hall–Kier alpha value is -4.37. The highest BCUT2D eigenvalue weighted by Crippen LogP contribution is 2.33. The minimum atomic E-state index is -3.74. The van der Waals surface area contributed by atoms with Crippen LogP contribution >= 0.6 is 0 Å². The van der Waals surface area contributed by atoms with Crippen LogP contribution in [0.2, 0.25) is 0 Å². The molecule has 0 radical (unpaired) electrons. The Morgan fingerprint density at radius 3 is 2.57 bits per heavy atom. The van der Waals surface area contributed by atoms with E-state index in [1.165, 1.54) is 0 Å². The SMILES string of the molecule is CC1=C(C#N)C(=O)N(CCCOC(C)C)C(=O)/C1=C/c1cn(-c2ccccc2)nc1-c1cccc(S(=O)(=O)N2CCCC(C)C2)c1. The third-order valence-electron chi connectivity index (χ3n) is 8.23. The quantitative estimate of drug-likeness (QED) is 0.166. The second-order valence-corrected chi connectivity index (χ2v) is 14.0. The van der Waals surface area contributed by atoms with E-state index in [1.54, 1.807) is 52.4 Å². The van der Waals surface area contributed by atoms with Gasteiger partial charge in [-0.2, -0.15) is 14.7 Å². The Kier molecular flexibility index (Phi) is 10.0. The Balaban J connectivity index is 1.59. The molecule has 2 aliphatic heterocycles. The average Bonchev–Trinajstić information content (AvgIpc) is 3.47.